The summed E-state index contributed by atoms with van der Waals surface area (Å²) in [5.74, 6) is 0.281. The van der Waals surface area contributed by atoms with Crippen molar-refractivity contribution in [1.29, 1.82) is 0 Å². The number of rotatable bonds is 7. The van der Waals surface area contributed by atoms with Crippen LogP contribution < -0.4 is 15.2 Å². The average molecular weight is 274 g/mol. The molecule has 0 unspecified atom stereocenters. The van der Waals surface area contributed by atoms with Crippen LogP contribution in [0.3, 0.4) is 0 Å². The number of benzene rings is 1. The van der Waals surface area contributed by atoms with Crippen molar-refractivity contribution in [3.05, 3.63) is 18.2 Å². The zero-order valence-electron chi connectivity index (χ0n) is 10.5. The van der Waals surface area contributed by atoms with Gasteiger partial charge in [0.1, 0.15) is 5.75 Å². The van der Waals surface area contributed by atoms with Crippen LogP contribution in [-0.4, -0.2) is 34.5 Å². The van der Waals surface area contributed by atoms with E-state index in [1.165, 1.54) is 7.11 Å². The molecule has 0 aliphatic rings. The Kier molecular flexibility index (Phi) is 5.24. The smallest absolute Gasteiger partial charge is 0.235 e. The SMILES string of the molecule is CCOCCS(=O)(=O)Nc1ccc(N)cc1OC. The molecular formula is C11H18N2O4S. The minimum Gasteiger partial charge on any atom is -0.494 e. The quantitative estimate of drug-likeness (QED) is 0.573. The van der Waals surface area contributed by atoms with Gasteiger partial charge in [0.25, 0.3) is 0 Å². The number of hydrogen-bond donors (Lipinski definition) is 2. The Labute approximate surface area is 107 Å². The molecule has 0 aliphatic heterocycles. The number of sulfonamides is 1. The van der Waals surface area contributed by atoms with Gasteiger partial charge >= 0.3 is 0 Å². The van der Waals surface area contributed by atoms with Crippen LogP contribution in [0.1, 0.15) is 6.92 Å². The molecule has 18 heavy (non-hydrogen) atoms. The van der Waals surface area contributed by atoms with Crippen LogP contribution in [0.4, 0.5) is 11.4 Å². The third-order valence-corrected chi connectivity index (χ3v) is 3.43. The van der Waals surface area contributed by atoms with Gasteiger partial charge in [-0.1, -0.05) is 0 Å². The van der Waals surface area contributed by atoms with Crippen molar-refractivity contribution in [1.82, 2.24) is 0 Å². The number of nitrogens with two attached hydrogens (primary N) is 1. The van der Waals surface area contributed by atoms with E-state index in [1.54, 1.807) is 18.2 Å². The fourth-order valence-electron chi connectivity index (χ4n) is 1.32. The number of nitrogen functional groups attached to an aromatic ring is 1. The van der Waals surface area contributed by atoms with E-state index >= 15 is 0 Å². The Balaban J connectivity index is 2.77. The van der Waals surface area contributed by atoms with Gasteiger partial charge in [-0.15, -0.1) is 0 Å². The second-order valence-electron chi connectivity index (χ2n) is 3.58. The third kappa shape index (κ3) is 4.42. The minimum atomic E-state index is -3.45. The molecule has 0 amide bonds. The van der Waals surface area contributed by atoms with Crippen LogP contribution in [-0.2, 0) is 14.8 Å². The van der Waals surface area contributed by atoms with Gasteiger partial charge in [0, 0.05) is 18.4 Å². The topological polar surface area (TPSA) is 90.7 Å². The summed E-state index contributed by atoms with van der Waals surface area (Å²) in [6.45, 7) is 2.45. The highest BCUT2D eigenvalue weighted by molar-refractivity contribution is 7.92. The van der Waals surface area contributed by atoms with E-state index in [4.69, 9.17) is 15.2 Å². The molecule has 0 fully saturated rings. The van der Waals surface area contributed by atoms with Crippen molar-refractivity contribution >= 4 is 21.4 Å². The number of anilines is 2. The van der Waals surface area contributed by atoms with Crippen molar-refractivity contribution in [2.24, 2.45) is 0 Å². The molecule has 0 spiro atoms. The van der Waals surface area contributed by atoms with Crippen LogP contribution in [0.2, 0.25) is 0 Å². The molecule has 0 radical (unpaired) electrons. The van der Waals surface area contributed by atoms with Gasteiger partial charge in [-0.25, -0.2) is 8.42 Å². The first-order valence-electron chi connectivity index (χ1n) is 5.50. The van der Waals surface area contributed by atoms with Gasteiger partial charge in [-0.05, 0) is 19.1 Å². The van der Waals surface area contributed by atoms with Crippen LogP contribution in [0.15, 0.2) is 18.2 Å². The summed E-state index contributed by atoms with van der Waals surface area (Å²) >= 11 is 0. The van der Waals surface area contributed by atoms with Crippen LogP contribution in [0.25, 0.3) is 0 Å². The predicted molar refractivity (Wildman–Crippen MR) is 71.3 cm³/mol. The monoisotopic (exact) mass is 274 g/mol. The molecular weight excluding hydrogens is 256 g/mol. The maximum absolute atomic E-state index is 11.7. The first kappa shape index (κ1) is 14.6. The Morgan fingerprint density at radius 1 is 1.39 bits per heavy atom. The van der Waals surface area contributed by atoms with Crippen LogP contribution in [0, 0.1) is 0 Å². The lowest BCUT2D eigenvalue weighted by Gasteiger charge is -2.12. The summed E-state index contributed by atoms with van der Waals surface area (Å²) in [7, 11) is -2.00. The second-order valence-corrected chi connectivity index (χ2v) is 5.42. The molecule has 0 aliphatic carbocycles. The zero-order chi connectivity index (χ0) is 13.6. The Bertz CT molecular complexity index is 488. The fraction of sp³-hybridized carbons (Fsp3) is 0.455. The molecule has 6 nitrogen and oxygen atoms in total. The molecule has 1 rings (SSSR count). The van der Waals surface area contributed by atoms with Crippen LogP contribution >= 0.6 is 0 Å². The highest BCUT2D eigenvalue weighted by Crippen LogP contribution is 2.27. The van der Waals surface area contributed by atoms with Crippen molar-refractivity contribution < 1.29 is 17.9 Å². The second kappa shape index (κ2) is 6.46. The molecule has 0 atom stereocenters. The Morgan fingerprint density at radius 2 is 2.11 bits per heavy atom. The van der Waals surface area contributed by atoms with Crippen molar-refractivity contribution in [2.75, 3.05) is 36.5 Å². The molecule has 102 valence electrons. The standard InChI is InChI=1S/C11H18N2O4S/c1-3-17-6-7-18(14,15)13-10-5-4-9(12)8-11(10)16-2/h4-5,8,13H,3,6-7,12H2,1-2H3. The van der Waals surface area contributed by atoms with Gasteiger partial charge in [0.05, 0.1) is 25.2 Å². The summed E-state index contributed by atoms with van der Waals surface area (Å²) in [5, 5.41) is 0. The fourth-order valence-corrected chi connectivity index (χ4v) is 2.27. The van der Waals surface area contributed by atoms with E-state index in [9.17, 15) is 8.42 Å². The summed E-state index contributed by atoms with van der Waals surface area (Å²) in [5.41, 5.74) is 6.46. The maximum atomic E-state index is 11.7. The molecule has 7 heteroatoms. The zero-order valence-corrected chi connectivity index (χ0v) is 11.3. The molecule has 0 saturated carbocycles. The lowest BCUT2D eigenvalue weighted by Crippen LogP contribution is -2.20. The maximum Gasteiger partial charge on any atom is 0.235 e. The van der Waals surface area contributed by atoms with E-state index in [0.29, 0.717) is 23.7 Å². The molecule has 1 aromatic rings. The van der Waals surface area contributed by atoms with Crippen molar-refractivity contribution in [2.45, 2.75) is 6.92 Å². The summed E-state index contributed by atoms with van der Waals surface area (Å²) in [6, 6.07) is 4.72. The van der Waals surface area contributed by atoms with Gasteiger partial charge in [0.2, 0.25) is 10.0 Å². The van der Waals surface area contributed by atoms with Gasteiger partial charge in [0.15, 0.2) is 0 Å². The normalized spacial score (nSPS) is 11.2. The summed E-state index contributed by atoms with van der Waals surface area (Å²) in [4.78, 5) is 0. The first-order valence-corrected chi connectivity index (χ1v) is 7.15. The highest BCUT2D eigenvalue weighted by Gasteiger charge is 2.13. The first-order chi connectivity index (χ1) is 8.48. The van der Waals surface area contributed by atoms with Gasteiger partial charge in [-0.3, -0.25) is 4.72 Å². The number of nitrogens with one attached hydrogen (secondary N) is 1. The third-order valence-electron chi connectivity index (χ3n) is 2.19. The van der Waals surface area contributed by atoms with Crippen molar-refractivity contribution in [3.63, 3.8) is 0 Å². The van der Waals surface area contributed by atoms with Crippen molar-refractivity contribution in [3.8, 4) is 5.75 Å². The van der Waals surface area contributed by atoms with Gasteiger partial charge in [-0.2, -0.15) is 0 Å². The molecule has 0 saturated heterocycles. The molecule has 0 bridgehead atoms. The lowest BCUT2D eigenvalue weighted by atomic mass is 10.2. The van der Waals surface area contributed by atoms with E-state index < -0.39 is 10.0 Å². The van der Waals surface area contributed by atoms with E-state index in [-0.39, 0.29) is 12.4 Å². The largest absolute Gasteiger partial charge is 0.494 e. The average Bonchev–Trinajstić information content (AvgIpc) is 2.31. The van der Waals surface area contributed by atoms with Gasteiger partial charge < -0.3 is 15.2 Å². The summed E-state index contributed by atoms with van der Waals surface area (Å²) in [6.07, 6.45) is 0. The minimum absolute atomic E-state index is 0.103. The molecule has 1 aromatic carbocycles. The molecule has 0 heterocycles. The Morgan fingerprint density at radius 3 is 2.72 bits per heavy atom. The number of methoxy groups -OCH3 is 1. The predicted octanol–water partition coefficient (Wildman–Crippen LogP) is 1.06. The number of hydrogen-bond acceptors (Lipinski definition) is 5. The van der Waals surface area contributed by atoms with E-state index in [1.807, 2.05) is 6.92 Å². The Hall–Kier alpha value is -1.47. The molecule has 0 aromatic heterocycles. The van der Waals surface area contributed by atoms with E-state index in [2.05, 4.69) is 4.72 Å². The van der Waals surface area contributed by atoms with E-state index in [0.717, 1.165) is 0 Å². The lowest BCUT2D eigenvalue weighted by molar-refractivity contribution is 0.163. The molecule has 3 N–H and O–H groups in total. The summed E-state index contributed by atoms with van der Waals surface area (Å²) < 4.78 is 36.0. The highest BCUT2D eigenvalue weighted by atomic mass is 32.2. The van der Waals surface area contributed by atoms with Crippen LogP contribution in [0.5, 0.6) is 5.75 Å². The number of ether oxygens (including phenoxy) is 2.